The second kappa shape index (κ2) is 8.58. The SMILES string of the molecule is CCCNCC(=O)NCCOc1ccccc1. The van der Waals surface area contributed by atoms with Gasteiger partial charge in [0.05, 0.1) is 13.1 Å². The van der Waals surface area contributed by atoms with E-state index in [-0.39, 0.29) is 5.91 Å². The quantitative estimate of drug-likeness (QED) is 0.666. The largest absolute Gasteiger partial charge is 0.492 e. The molecule has 1 rings (SSSR count). The van der Waals surface area contributed by atoms with Gasteiger partial charge in [0.15, 0.2) is 0 Å². The fraction of sp³-hybridized carbons (Fsp3) is 0.462. The van der Waals surface area contributed by atoms with Crippen LogP contribution < -0.4 is 15.4 Å². The number of rotatable bonds is 8. The van der Waals surface area contributed by atoms with Gasteiger partial charge in [-0.2, -0.15) is 0 Å². The van der Waals surface area contributed by atoms with Gasteiger partial charge in [-0.25, -0.2) is 0 Å². The van der Waals surface area contributed by atoms with Crippen LogP contribution >= 0.6 is 0 Å². The highest BCUT2D eigenvalue weighted by Crippen LogP contribution is 2.07. The van der Waals surface area contributed by atoms with Crippen molar-refractivity contribution in [2.75, 3.05) is 26.2 Å². The van der Waals surface area contributed by atoms with Gasteiger partial charge in [-0.05, 0) is 25.1 Å². The van der Waals surface area contributed by atoms with Crippen LogP contribution in [0.5, 0.6) is 5.75 Å². The number of hydrogen-bond acceptors (Lipinski definition) is 3. The van der Waals surface area contributed by atoms with Crippen LogP contribution in [0.3, 0.4) is 0 Å². The summed E-state index contributed by atoms with van der Waals surface area (Å²) in [6, 6.07) is 9.56. The fourth-order valence-electron chi connectivity index (χ4n) is 1.32. The van der Waals surface area contributed by atoms with Crippen molar-refractivity contribution in [3.05, 3.63) is 30.3 Å². The topological polar surface area (TPSA) is 50.4 Å². The predicted octanol–water partition coefficient (Wildman–Crippen LogP) is 1.18. The van der Waals surface area contributed by atoms with Gasteiger partial charge < -0.3 is 15.4 Å². The van der Waals surface area contributed by atoms with Crippen LogP contribution in [0.25, 0.3) is 0 Å². The second-order valence-electron chi connectivity index (χ2n) is 3.69. The summed E-state index contributed by atoms with van der Waals surface area (Å²) in [6.07, 6.45) is 1.03. The Morgan fingerprint density at radius 3 is 2.71 bits per heavy atom. The Labute approximate surface area is 102 Å². The van der Waals surface area contributed by atoms with Crippen LogP contribution in [-0.4, -0.2) is 32.1 Å². The Hall–Kier alpha value is -1.55. The number of para-hydroxylation sites is 1. The predicted molar refractivity (Wildman–Crippen MR) is 68.1 cm³/mol. The lowest BCUT2D eigenvalue weighted by Crippen LogP contribution is -2.36. The molecule has 0 aromatic heterocycles. The first-order valence-electron chi connectivity index (χ1n) is 5.98. The van der Waals surface area contributed by atoms with Crippen molar-refractivity contribution in [3.8, 4) is 5.75 Å². The standard InChI is InChI=1S/C13H20N2O2/c1-2-8-14-11-13(16)15-9-10-17-12-6-4-3-5-7-12/h3-7,14H,2,8-11H2,1H3,(H,15,16). The van der Waals surface area contributed by atoms with Crippen LogP contribution in [0.1, 0.15) is 13.3 Å². The second-order valence-corrected chi connectivity index (χ2v) is 3.69. The van der Waals surface area contributed by atoms with E-state index in [1.165, 1.54) is 0 Å². The summed E-state index contributed by atoms with van der Waals surface area (Å²) in [5.74, 6) is 0.834. The van der Waals surface area contributed by atoms with Crippen molar-refractivity contribution in [2.45, 2.75) is 13.3 Å². The zero-order valence-corrected chi connectivity index (χ0v) is 10.2. The number of ether oxygens (including phenoxy) is 1. The molecule has 0 fully saturated rings. The van der Waals surface area contributed by atoms with Gasteiger partial charge in [-0.3, -0.25) is 4.79 Å². The number of carbonyl (C=O) groups excluding carboxylic acids is 1. The Balaban J connectivity index is 2.02. The average Bonchev–Trinajstić information content (AvgIpc) is 2.36. The molecule has 0 aliphatic heterocycles. The normalized spacial score (nSPS) is 9.94. The fourth-order valence-corrected chi connectivity index (χ4v) is 1.32. The summed E-state index contributed by atoms with van der Waals surface area (Å²) >= 11 is 0. The molecular weight excluding hydrogens is 216 g/mol. The van der Waals surface area contributed by atoms with Crippen LogP contribution in [0.4, 0.5) is 0 Å². The van der Waals surface area contributed by atoms with Crippen molar-refractivity contribution in [1.82, 2.24) is 10.6 Å². The molecule has 0 atom stereocenters. The van der Waals surface area contributed by atoms with Gasteiger partial charge >= 0.3 is 0 Å². The number of amides is 1. The van der Waals surface area contributed by atoms with Crippen molar-refractivity contribution in [2.24, 2.45) is 0 Å². The van der Waals surface area contributed by atoms with Crippen LogP contribution in [0, 0.1) is 0 Å². The van der Waals surface area contributed by atoms with Gasteiger partial charge in [0, 0.05) is 0 Å². The maximum atomic E-state index is 11.3. The molecule has 4 nitrogen and oxygen atoms in total. The van der Waals surface area contributed by atoms with Gasteiger partial charge in [0.1, 0.15) is 12.4 Å². The molecule has 0 bridgehead atoms. The Kier molecular flexibility index (Phi) is 6.82. The Morgan fingerprint density at radius 1 is 1.24 bits per heavy atom. The lowest BCUT2D eigenvalue weighted by Gasteiger charge is -2.07. The molecule has 0 aliphatic rings. The summed E-state index contributed by atoms with van der Waals surface area (Å²) in [7, 11) is 0. The Bertz CT molecular complexity index is 314. The van der Waals surface area contributed by atoms with E-state index in [0.29, 0.717) is 19.7 Å². The van der Waals surface area contributed by atoms with E-state index in [9.17, 15) is 4.79 Å². The molecule has 0 saturated carbocycles. The molecule has 4 heteroatoms. The highest BCUT2D eigenvalue weighted by Gasteiger charge is 1.98. The van der Waals surface area contributed by atoms with E-state index in [1.54, 1.807) is 0 Å². The lowest BCUT2D eigenvalue weighted by atomic mass is 10.3. The summed E-state index contributed by atoms with van der Waals surface area (Å²) in [6.45, 7) is 4.33. The lowest BCUT2D eigenvalue weighted by molar-refractivity contribution is -0.120. The first kappa shape index (κ1) is 13.5. The summed E-state index contributed by atoms with van der Waals surface area (Å²) < 4.78 is 5.45. The molecule has 0 spiro atoms. The monoisotopic (exact) mass is 236 g/mol. The zero-order valence-electron chi connectivity index (χ0n) is 10.2. The van der Waals surface area contributed by atoms with Crippen molar-refractivity contribution in [3.63, 3.8) is 0 Å². The molecule has 0 saturated heterocycles. The first-order valence-corrected chi connectivity index (χ1v) is 5.98. The third kappa shape index (κ3) is 6.58. The zero-order chi connectivity index (χ0) is 12.3. The van der Waals surface area contributed by atoms with E-state index in [1.807, 2.05) is 30.3 Å². The summed E-state index contributed by atoms with van der Waals surface area (Å²) in [5, 5.41) is 5.83. The van der Waals surface area contributed by atoms with Gasteiger partial charge in [0.25, 0.3) is 0 Å². The smallest absolute Gasteiger partial charge is 0.234 e. The minimum Gasteiger partial charge on any atom is -0.492 e. The minimum absolute atomic E-state index is 0.00936. The molecule has 1 aromatic rings. The van der Waals surface area contributed by atoms with E-state index >= 15 is 0 Å². The molecule has 0 aliphatic carbocycles. The van der Waals surface area contributed by atoms with E-state index in [4.69, 9.17) is 4.74 Å². The third-order valence-corrected chi connectivity index (χ3v) is 2.15. The van der Waals surface area contributed by atoms with E-state index < -0.39 is 0 Å². The molecule has 0 heterocycles. The molecule has 0 radical (unpaired) electrons. The summed E-state index contributed by atoms with van der Waals surface area (Å²) in [4.78, 5) is 11.3. The summed E-state index contributed by atoms with van der Waals surface area (Å²) in [5.41, 5.74) is 0. The molecule has 0 unspecified atom stereocenters. The van der Waals surface area contributed by atoms with E-state index in [2.05, 4.69) is 17.6 Å². The van der Waals surface area contributed by atoms with Gasteiger partial charge in [-0.15, -0.1) is 0 Å². The third-order valence-electron chi connectivity index (χ3n) is 2.15. The van der Waals surface area contributed by atoms with Crippen LogP contribution in [0.15, 0.2) is 30.3 Å². The Morgan fingerprint density at radius 2 is 2.00 bits per heavy atom. The molecule has 17 heavy (non-hydrogen) atoms. The molecular formula is C13H20N2O2. The number of benzene rings is 1. The highest BCUT2D eigenvalue weighted by atomic mass is 16.5. The number of nitrogens with one attached hydrogen (secondary N) is 2. The van der Waals surface area contributed by atoms with Crippen molar-refractivity contribution in [1.29, 1.82) is 0 Å². The van der Waals surface area contributed by atoms with E-state index in [0.717, 1.165) is 18.7 Å². The highest BCUT2D eigenvalue weighted by molar-refractivity contribution is 5.77. The first-order chi connectivity index (χ1) is 8.33. The van der Waals surface area contributed by atoms with Crippen LogP contribution in [0.2, 0.25) is 0 Å². The van der Waals surface area contributed by atoms with Crippen molar-refractivity contribution >= 4 is 5.91 Å². The molecule has 1 aromatic carbocycles. The number of carbonyl (C=O) groups is 1. The number of hydrogen-bond donors (Lipinski definition) is 2. The maximum absolute atomic E-state index is 11.3. The molecule has 2 N–H and O–H groups in total. The molecule has 94 valence electrons. The van der Waals surface area contributed by atoms with Crippen LogP contribution in [-0.2, 0) is 4.79 Å². The van der Waals surface area contributed by atoms with Crippen molar-refractivity contribution < 1.29 is 9.53 Å². The molecule has 1 amide bonds. The minimum atomic E-state index is 0.00936. The van der Waals surface area contributed by atoms with Gasteiger partial charge in [-0.1, -0.05) is 25.1 Å². The maximum Gasteiger partial charge on any atom is 0.234 e. The average molecular weight is 236 g/mol. The van der Waals surface area contributed by atoms with Gasteiger partial charge in [0.2, 0.25) is 5.91 Å².